The number of likely N-dealkylation sites (tertiary alicyclic amines) is 1. The number of Topliss-reactive ketones (excluding diaryl/α,β-unsaturated/α-hetero) is 1. The van der Waals surface area contributed by atoms with Crippen LogP contribution in [0.5, 0.6) is 0 Å². The molecule has 33 heavy (non-hydrogen) atoms. The number of benzene rings is 1. The first-order valence-corrected chi connectivity index (χ1v) is 12.3. The molecule has 1 unspecified atom stereocenters. The Labute approximate surface area is 198 Å². The van der Waals surface area contributed by atoms with Crippen LogP contribution in [0.25, 0.3) is 0 Å². The van der Waals surface area contributed by atoms with E-state index in [1.165, 1.54) is 5.56 Å². The molecule has 1 aliphatic heterocycles. The van der Waals surface area contributed by atoms with Crippen molar-refractivity contribution in [1.29, 1.82) is 0 Å². The minimum absolute atomic E-state index is 0.171. The van der Waals surface area contributed by atoms with Gasteiger partial charge in [0.05, 0.1) is 59.3 Å². The molecule has 186 valence electrons. The van der Waals surface area contributed by atoms with Gasteiger partial charge in [0.1, 0.15) is 5.78 Å². The van der Waals surface area contributed by atoms with Gasteiger partial charge in [-0.2, -0.15) is 0 Å². The van der Waals surface area contributed by atoms with Crippen LogP contribution in [-0.2, 0) is 28.5 Å². The van der Waals surface area contributed by atoms with Gasteiger partial charge in [-0.15, -0.1) is 0 Å². The largest absolute Gasteiger partial charge is 0.379 e. The van der Waals surface area contributed by atoms with Crippen molar-refractivity contribution in [3.63, 3.8) is 0 Å². The second-order valence-corrected chi connectivity index (χ2v) is 8.33. The van der Waals surface area contributed by atoms with Crippen LogP contribution < -0.4 is 0 Å². The summed E-state index contributed by atoms with van der Waals surface area (Å²) >= 11 is 0. The standard InChI is InChI=1S/C26H41NO6/c1-3-24(28)10-12-30-14-16-32-18-19-33-17-15-31-13-11-26(29)27-20-23(21-27)25(4-2)22-8-6-5-7-9-22/h5-9,23,25H,3-4,10-21H2,1-2H3. The van der Waals surface area contributed by atoms with E-state index in [-0.39, 0.29) is 11.7 Å². The summed E-state index contributed by atoms with van der Waals surface area (Å²) in [6, 6.07) is 10.6. The van der Waals surface area contributed by atoms with Crippen molar-refractivity contribution in [3.8, 4) is 0 Å². The Hall–Kier alpha value is -1.80. The predicted molar refractivity (Wildman–Crippen MR) is 127 cm³/mol. The Kier molecular flexibility index (Phi) is 13.9. The lowest BCUT2D eigenvalue weighted by Crippen LogP contribution is -2.52. The average Bonchev–Trinajstić information content (AvgIpc) is 2.81. The van der Waals surface area contributed by atoms with Crippen LogP contribution in [0.3, 0.4) is 0 Å². The molecule has 1 atom stereocenters. The highest BCUT2D eigenvalue weighted by Gasteiger charge is 2.35. The zero-order valence-electron chi connectivity index (χ0n) is 20.3. The Morgan fingerprint density at radius 3 is 1.85 bits per heavy atom. The molecule has 0 aliphatic carbocycles. The number of ether oxygens (including phenoxy) is 4. The van der Waals surface area contributed by atoms with Gasteiger partial charge in [-0.1, -0.05) is 44.2 Å². The Balaban J connectivity index is 1.38. The van der Waals surface area contributed by atoms with E-state index in [4.69, 9.17) is 18.9 Å². The van der Waals surface area contributed by atoms with Gasteiger partial charge in [-0.25, -0.2) is 0 Å². The molecular formula is C26H41NO6. The van der Waals surface area contributed by atoms with Crippen LogP contribution in [0, 0.1) is 5.92 Å². The summed E-state index contributed by atoms with van der Waals surface area (Å²) in [6.07, 6.45) is 2.55. The van der Waals surface area contributed by atoms with Crippen molar-refractivity contribution in [2.24, 2.45) is 5.92 Å². The van der Waals surface area contributed by atoms with Crippen molar-refractivity contribution in [2.45, 2.75) is 45.4 Å². The van der Waals surface area contributed by atoms with Gasteiger partial charge in [0.25, 0.3) is 0 Å². The van der Waals surface area contributed by atoms with E-state index in [1.54, 1.807) is 0 Å². The summed E-state index contributed by atoms with van der Waals surface area (Å²) in [5.74, 6) is 1.46. The summed E-state index contributed by atoms with van der Waals surface area (Å²) in [7, 11) is 0. The van der Waals surface area contributed by atoms with E-state index < -0.39 is 0 Å². The van der Waals surface area contributed by atoms with Crippen LogP contribution in [0.2, 0.25) is 0 Å². The molecule has 0 aromatic heterocycles. The van der Waals surface area contributed by atoms with Crippen LogP contribution >= 0.6 is 0 Å². The van der Waals surface area contributed by atoms with E-state index in [0.29, 0.717) is 84.0 Å². The Bertz CT molecular complexity index is 662. The molecule has 7 nitrogen and oxygen atoms in total. The minimum atomic E-state index is 0.171. The van der Waals surface area contributed by atoms with Gasteiger partial charge in [0, 0.05) is 31.8 Å². The second kappa shape index (κ2) is 16.8. The average molecular weight is 464 g/mol. The zero-order valence-corrected chi connectivity index (χ0v) is 20.3. The van der Waals surface area contributed by atoms with Gasteiger partial charge >= 0.3 is 0 Å². The number of nitrogens with zero attached hydrogens (tertiary/aromatic N) is 1. The first-order valence-electron chi connectivity index (χ1n) is 12.3. The molecule has 1 aromatic rings. The van der Waals surface area contributed by atoms with E-state index in [9.17, 15) is 9.59 Å². The maximum absolute atomic E-state index is 12.3. The predicted octanol–water partition coefficient (Wildman–Crippen LogP) is 3.46. The SMILES string of the molecule is CCC(=O)CCOCCOCCOCCOCCC(=O)N1CC(C(CC)c2ccccc2)C1. The maximum Gasteiger partial charge on any atom is 0.224 e. The second-order valence-electron chi connectivity index (χ2n) is 8.33. The molecule has 1 amide bonds. The number of rotatable bonds is 19. The molecule has 1 saturated heterocycles. The topological polar surface area (TPSA) is 74.3 Å². The molecule has 1 aliphatic rings. The third-order valence-corrected chi connectivity index (χ3v) is 5.99. The van der Waals surface area contributed by atoms with Gasteiger partial charge in [-0.05, 0) is 17.9 Å². The molecule has 0 spiro atoms. The number of hydrogen-bond donors (Lipinski definition) is 0. The van der Waals surface area contributed by atoms with Crippen LogP contribution in [0.15, 0.2) is 30.3 Å². The third-order valence-electron chi connectivity index (χ3n) is 5.99. The van der Waals surface area contributed by atoms with E-state index >= 15 is 0 Å². The fourth-order valence-corrected chi connectivity index (χ4v) is 3.95. The number of carbonyl (C=O) groups is 2. The number of ketones is 1. The zero-order chi connectivity index (χ0) is 23.7. The van der Waals surface area contributed by atoms with E-state index in [2.05, 4.69) is 31.2 Å². The van der Waals surface area contributed by atoms with Crippen molar-refractivity contribution in [3.05, 3.63) is 35.9 Å². The lowest BCUT2D eigenvalue weighted by atomic mass is 9.79. The summed E-state index contributed by atoms with van der Waals surface area (Å²) in [4.78, 5) is 25.4. The molecule has 1 heterocycles. The van der Waals surface area contributed by atoms with Gasteiger partial charge in [0.2, 0.25) is 5.91 Å². The summed E-state index contributed by atoms with van der Waals surface area (Å²) in [6.45, 7) is 9.55. The highest BCUT2D eigenvalue weighted by Crippen LogP contribution is 2.34. The summed E-state index contributed by atoms with van der Waals surface area (Å²) < 4.78 is 21.7. The molecule has 0 bridgehead atoms. The quantitative estimate of drug-likeness (QED) is 0.293. The van der Waals surface area contributed by atoms with Gasteiger partial charge < -0.3 is 23.8 Å². The van der Waals surface area contributed by atoms with Crippen LogP contribution in [0.1, 0.15) is 51.0 Å². The third kappa shape index (κ3) is 10.8. The van der Waals surface area contributed by atoms with Crippen LogP contribution in [-0.4, -0.2) is 82.5 Å². The van der Waals surface area contributed by atoms with E-state index in [0.717, 1.165) is 19.5 Å². The Morgan fingerprint density at radius 2 is 1.33 bits per heavy atom. The lowest BCUT2D eigenvalue weighted by molar-refractivity contribution is -0.139. The lowest BCUT2D eigenvalue weighted by Gasteiger charge is -2.43. The molecule has 0 saturated carbocycles. The Morgan fingerprint density at radius 1 is 0.818 bits per heavy atom. The van der Waals surface area contributed by atoms with Gasteiger partial charge in [0.15, 0.2) is 0 Å². The van der Waals surface area contributed by atoms with Crippen molar-refractivity contribution in [2.75, 3.05) is 65.9 Å². The molecule has 1 aromatic carbocycles. The maximum atomic E-state index is 12.3. The fraction of sp³-hybridized carbons (Fsp3) is 0.692. The molecule has 1 fully saturated rings. The van der Waals surface area contributed by atoms with Crippen LogP contribution in [0.4, 0.5) is 0 Å². The normalized spacial score (nSPS) is 14.8. The highest BCUT2D eigenvalue weighted by molar-refractivity contribution is 5.78. The first-order chi connectivity index (χ1) is 16.2. The number of carbonyl (C=O) groups excluding carboxylic acids is 2. The molecule has 2 rings (SSSR count). The smallest absolute Gasteiger partial charge is 0.224 e. The summed E-state index contributed by atoms with van der Waals surface area (Å²) in [5, 5.41) is 0. The number of amides is 1. The summed E-state index contributed by atoms with van der Waals surface area (Å²) in [5.41, 5.74) is 1.37. The first kappa shape index (κ1) is 27.4. The molecule has 0 radical (unpaired) electrons. The highest BCUT2D eigenvalue weighted by atomic mass is 16.6. The van der Waals surface area contributed by atoms with Crippen molar-refractivity contribution in [1.82, 2.24) is 4.90 Å². The van der Waals surface area contributed by atoms with E-state index in [1.807, 2.05) is 17.9 Å². The molecule has 7 heteroatoms. The minimum Gasteiger partial charge on any atom is -0.379 e. The number of hydrogen-bond acceptors (Lipinski definition) is 6. The van der Waals surface area contributed by atoms with Crippen molar-refractivity contribution < 1.29 is 28.5 Å². The molecular weight excluding hydrogens is 422 g/mol. The molecule has 0 N–H and O–H groups in total. The fourth-order valence-electron chi connectivity index (χ4n) is 3.95. The van der Waals surface area contributed by atoms with Crippen molar-refractivity contribution >= 4 is 11.7 Å². The monoisotopic (exact) mass is 463 g/mol. The van der Waals surface area contributed by atoms with Gasteiger partial charge in [-0.3, -0.25) is 9.59 Å².